The number of allylic oxidation sites excluding steroid dienone is 1. The van der Waals surface area contributed by atoms with E-state index in [2.05, 4.69) is 0 Å². The highest BCUT2D eigenvalue weighted by Gasteiger charge is 2.31. The quantitative estimate of drug-likeness (QED) is 0.782. The molecular formula is C16H19N3O3S. The van der Waals surface area contributed by atoms with Gasteiger partial charge in [-0.25, -0.2) is 8.42 Å². The van der Waals surface area contributed by atoms with Crippen molar-refractivity contribution in [3.63, 3.8) is 0 Å². The molecule has 1 aliphatic rings. The van der Waals surface area contributed by atoms with E-state index < -0.39 is 10.0 Å². The van der Waals surface area contributed by atoms with E-state index in [-0.39, 0.29) is 29.5 Å². The van der Waals surface area contributed by atoms with Crippen LogP contribution in [0, 0.1) is 11.3 Å². The number of sulfonamides is 1. The van der Waals surface area contributed by atoms with Gasteiger partial charge in [-0.1, -0.05) is 17.7 Å². The van der Waals surface area contributed by atoms with Crippen LogP contribution in [0.5, 0.6) is 0 Å². The van der Waals surface area contributed by atoms with E-state index in [4.69, 9.17) is 5.26 Å². The summed E-state index contributed by atoms with van der Waals surface area (Å²) in [4.78, 5) is 13.6. The van der Waals surface area contributed by atoms with Crippen LogP contribution in [0.1, 0.15) is 19.4 Å². The van der Waals surface area contributed by atoms with Crippen molar-refractivity contribution in [2.75, 3.05) is 26.2 Å². The standard InChI is InChI=1S/C16H19N3O3S/c1-13(2)11-16(20)18-7-9-19(10-8-18)23(21,22)15-6-4-3-5-14(15)12-17/h3-6,11H,7-10H2,1-2H3. The number of nitriles is 1. The Hall–Kier alpha value is -2.17. The number of carbonyl (C=O) groups excluding carboxylic acids is 1. The van der Waals surface area contributed by atoms with E-state index in [9.17, 15) is 13.2 Å². The van der Waals surface area contributed by atoms with E-state index >= 15 is 0 Å². The van der Waals surface area contributed by atoms with Gasteiger partial charge in [-0.15, -0.1) is 0 Å². The van der Waals surface area contributed by atoms with Crippen LogP contribution in [0.25, 0.3) is 0 Å². The second-order valence-electron chi connectivity index (χ2n) is 5.56. The summed E-state index contributed by atoms with van der Waals surface area (Å²) in [6.45, 7) is 4.83. The van der Waals surface area contributed by atoms with Crippen LogP contribution in [0.4, 0.5) is 0 Å². The molecule has 0 aliphatic carbocycles. The first kappa shape index (κ1) is 17.2. The van der Waals surface area contributed by atoms with E-state index in [1.807, 2.05) is 19.9 Å². The number of piperazine rings is 1. The highest BCUT2D eigenvalue weighted by atomic mass is 32.2. The van der Waals surface area contributed by atoms with Crippen LogP contribution in [0.15, 0.2) is 40.8 Å². The van der Waals surface area contributed by atoms with Gasteiger partial charge in [0, 0.05) is 32.3 Å². The summed E-state index contributed by atoms with van der Waals surface area (Å²) in [7, 11) is -3.72. The summed E-state index contributed by atoms with van der Waals surface area (Å²) in [6.07, 6.45) is 1.55. The predicted molar refractivity (Wildman–Crippen MR) is 85.9 cm³/mol. The lowest BCUT2D eigenvalue weighted by atomic mass is 10.2. The lowest BCUT2D eigenvalue weighted by molar-refractivity contribution is -0.127. The molecule has 0 bridgehead atoms. The molecule has 0 saturated carbocycles. The summed E-state index contributed by atoms with van der Waals surface area (Å²) >= 11 is 0. The molecule has 1 heterocycles. The van der Waals surface area contributed by atoms with Gasteiger partial charge in [0.2, 0.25) is 15.9 Å². The van der Waals surface area contributed by atoms with Gasteiger partial charge in [-0.2, -0.15) is 9.57 Å². The number of nitrogens with zero attached hydrogens (tertiary/aromatic N) is 3. The van der Waals surface area contributed by atoms with Crippen molar-refractivity contribution >= 4 is 15.9 Å². The normalized spacial score (nSPS) is 15.8. The Morgan fingerprint density at radius 3 is 2.35 bits per heavy atom. The molecule has 1 aromatic carbocycles. The minimum atomic E-state index is -3.72. The van der Waals surface area contributed by atoms with Crippen molar-refractivity contribution in [2.24, 2.45) is 0 Å². The zero-order valence-electron chi connectivity index (χ0n) is 13.2. The van der Waals surface area contributed by atoms with Crippen LogP contribution in [-0.4, -0.2) is 49.7 Å². The number of amides is 1. The number of benzene rings is 1. The maximum atomic E-state index is 12.7. The number of carbonyl (C=O) groups is 1. The Balaban J connectivity index is 2.15. The van der Waals surface area contributed by atoms with Crippen LogP contribution >= 0.6 is 0 Å². The average Bonchev–Trinajstić information content (AvgIpc) is 2.54. The molecule has 0 aromatic heterocycles. The van der Waals surface area contributed by atoms with Crippen LogP contribution < -0.4 is 0 Å². The Morgan fingerprint density at radius 1 is 1.17 bits per heavy atom. The van der Waals surface area contributed by atoms with Gasteiger partial charge < -0.3 is 4.90 Å². The zero-order chi connectivity index (χ0) is 17.0. The maximum absolute atomic E-state index is 12.7. The number of hydrogen-bond acceptors (Lipinski definition) is 4. The van der Waals surface area contributed by atoms with Gasteiger partial charge >= 0.3 is 0 Å². The molecule has 1 saturated heterocycles. The molecule has 23 heavy (non-hydrogen) atoms. The van der Waals surface area contributed by atoms with Crippen LogP contribution in [0.3, 0.4) is 0 Å². The van der Waals surface area contributed by atoms with Gasteiger partial charge in [-0.05, 0) is 26.0 Å². The van der Waals surface area contributed by atoms with Crippen LogP contribution in [-0.2, 0) is 14.8 Å². The highest BCUT2D eigenvalue weighted by Crippen LogP contribution is 2.21. The van der Waals surface area contributed by atoms with Gasteiger partial charge in [-0.3, -0.25) is 4.79 Å². The summed E-state index contributed by atoms with van der Waals surface area (Å²) < 4.78 is 26.7. The molecule has 0 atom stereocenters. The minimum absolute atomic E-state index is 0.0200. The van der Waals surface area contributed by atoms with Crippen molar-refractivity contribution < 1.29 is 13.2 Å². The molecular weight excluding hydrogens is 314 g/mol. The van der Waals surface area contributed by atoms with E-state index in [0.29, 0.717) is 13.1 Å². The topological polar surface area (TPSA) is 81.5 Å². The van der Waals surface area contributed by atoms with E-state index in [0.717, 1.165) is 5.57 Å². The Kier molecular flexibility index (Phi) is 5.19. The Morgan fingerprint density at radius 2 is 1.78 bits per heavy atom. The third-order valence-corrected chi connectivity index (χ3v) is 5.54. The summed E-state index contributed by atoms with van der Waals surface area (Å²) in [6, 6.07) is 8.07. The Labute approximate surface area is 136 Å². The fourth-order valence-electron chi connectivity index (χ4n) is 2.41. The molecule has 1 amide bonds. The fourth-order valence-corrected chi connectivity index (χ4v) is 3.97. The van der Waals surface area contributed by atoms with Gasteiger partial charge in [0.1, 0.15) is 6.07 Å². The summed E-state index contributed by atoms with van der Waals surface area (Å²) in [5, 5.41) is 9.09. The van der Waals surface area contributed by atoms with Gasteiger partial charge in [0.15, 0.2) is 0 Å². The molecule has 0 spiro atoms. The smallest absolute Gasteiger partial charge is 0.246 e. The SMILES string of the molecule is CC(C)=CC(=O)N1CCN(S(=O)(=O)c2ccccc2C#N)CC1. The number of hydrogen-bond donors (Lipinski definition) is 0. The summed E-state index contributed by atoms with van der Waals surface area (Å²) in [5.74, 6) is -0.0977. The van der Waals surface area contributed by atoms with Crippen molar-refractivity contribution in [1.82, 2.24) is 9.21 Å². The molecule has 0 radical (unpaired) electrons. The molecule has 122 valence electrons. The monoisotopic (exact) mass is 333 g/mol. The molecule has 6 nitrogen and oxygen atoms in total. The third-order valence-electron chi connectivity index (χ3n) is 3.59. The number of rotatable bonds is 3. The minimum Gasteiger partial charge on any atom is -0.337 e. The van der Waals surface area contributed by atoms with Crippen LogP contribution in [0.2, 0.25) is 0 Å². The molecule has 2 rings (SSSR count). The lowest BCUT2D eigenvalue weighted by Gasteiger charge is -2.33. The third kappa shape index (κ3) is 3.78. The molecule has 1 aliphatic heterocycles. The average molecular weight is 333 g/mol. The predicted octanol–water partition coefficient (Wildman–Crippen LogP) is 1.36. The van der Waals surface area contributed by atoms with Crippen molar-refractivity contribution in [3.05, 3.63) is 41.5 Å². The molecule has 1 fully saturated rings. The van der Waals surface area contributed by atoms with Crippen molar-refractivity contribution in [2.45, 2.75) is 18.7 Å². The highest BCUT2D eigenvalue weighted by molar-refractivity contribution is 7.89. The van der Waals surface area contributed by atoms with Gasteiger partial charge in [0.25, 0.3) is 0 Å². The molecule has 0 unspecified atom stereocenters. The molecule has 7 heteroatoms. The first-order chi connectivity index (χ1) is 10.9. The maximum Gasteiger partial charge on any atom is 0.246 e. The first-order valence-electron chi connectivity index (χ1n) is 7.29. The molecule has 1 aromatic rings. The van der Waals surface area contributed by atoms with E-state index in [1.54, 1.807) is 23.1 Å². The van der Waals surface area contributed by atoms with E-state index in [1.165, 1.54) is 16.4 Å². The van der Waals surface area contributed by atoms with Gasteiger partial charge in [0.05, 0.1) is 10.5 Å². The summed E-state index contributed by atoms with van der Waals surface area (Å²) in [5.41, 5.74) is 1.04. The lowest BCUT2D eigenvalue weighted by Crippen LogP contribution is -2.50. The van der Waals surface area contributed by atoms with Crippen molar-refractivity contribution in [3.8, 4) is 6.07 Å². The first-order valence-corrected chi connectivity index (χ1v) is 8.73. The zero-order valence-corrected chi connectivity index (χ0v) is 14.0. The second-order valence-corrected chi connectivity index (χ2v) is 7.47. The Bertz CT molecular complexity index is 766. The molecule has 0 N–H and O–H groups in total. The second kappa shape index (κ2) is 6.94. The van der Waals surface area contributed by atoms with Crippen molar-refractivity contribution in [1.29, 1.82) is 5.26 Å². The largest absolute Gasteiger partial charge is 0.337 e. The fraction of sp³-hybridized carbons (Fsp3) is 0.375.